The molecular formula is C21H22N2O4. The number of anilines is 1. The predicted molar refractivity (Wildman–Crippen MR) is 106 cm³/mol. The molecule has 0 saturated heterocycles. The highest BCUT2D eigenvalue weighted by Gasteiger charge is 2.17. The number of methoxy groups -OCH3 is 2. The number of fused-ring (bicyclic) bond motifs is 1. The van der Waals surface area contributed by atoms with E-state index in [0.29, 0.717) is 33.5 Å². The molecule has 0 atom stereocenters. The maximum absolute atomic E-state index is 12.9. The molecule has 0 aliphatic heterocycles. The first-order valence-corrected chi connectivity index (χ1v) is 8.64. The number of carbonyl (C=O) groups is 1. The Labute approximate surface area is 157 Å². The molecule has 6 nitrogen and oxygen atoms in total. The van der Waals surface area contributed by atoms with Crippen molar-refractivity contribution in [1.29, 1.82) is 0 Å². The van der Waals surface area contributed by atoms with E-state index in [4.69, 9.17) is 9.47 Å². The van der Waals surface area contributed by atoms with Crippen LogP contribution in [0.5, 0.6) is 11.5 Å². The number of hydrogen-bond donors (Lipinski definition) is 1. The molecule has 1 heterocycles. The van der Waals surface area contributed by atoms with E-state index in [1.54, 1.807) is 19.2 Å². The van der Waals surface area contributed by atoms with Crippen molar-refractivity contribution in [3.05, 3.63) is 64.1 Å². The van der Waals surface area contributed by atoms with Gasteiger partial charge in [-0.3, -0.25) is 9.59 Å². The number of amides is 1. The fourth-order valence-corrected chi connectivity index (χ4v) is 2.99. The van der Waals surface area contributed by atoms with Gasteiger partial charge in [-0.15, -0.1) is 0 Å². The van der Waals surface area contributed by atoms with Crippen molar-refractivity contribution < 1.29 is 14.3 Å². The minimum atomic E-state index is -0.299. The van der Waals surface area contributed by atoms with Gasteiger partial charge in [-0.05, 0) is 36.2 Å². The van der Waals surface area contributed by atoms with Crippen LogP contribution < -0.4 is 20.3 Å². The highest BCUT2D eigenvalue weighted by atomic mass is 16.5. The van der Waals surface area contributed by atoms with Crippen molar-refractivity contribution in [2.75, 3.05) is 19.5 Å². The predicted octanol–water partition coefficient (Wildman–Crippen LogP) is 3.37. The molecule has 0 aliphatic carbocycles. The first-order valence-electron chi connectivity index (χ1n) is 8.64. The molecule has 0 aliphatic rings. The number of ether oxygens (including phenoxy) is 2. The number of aryl methyl sites for hydroxylation is 2. The summed E-state index contributed by atoms with van der Waals surface area (Å²) < 4.78 is 12.0. The Kier molecular flexibility index (Phi) is 5.16. The molecule has 3 rings (SSSR count). The lowest BCUT2D eigenvalue weighted by Crippen LogP contribution is -2.21. The topological polar surface area (TPSA) is 69.6 Å². The zero-order valence-corrected chi connectivity index (χ0v) is 15.8. The summed E-state index contributed by atoms with van der Waals surface area (Å²) in [6, 6.07) is 10.9. The third-order valence-electron chi connectivity index (χ3n) is 4.55. The lowest BCUT2D eigenvalue weighted by atomic mass is 10.1. The van der Waals surface area contributed by atoms with Gasteiger partial charge in [0.25, 0.3) is 11.5 Å². The zero-order chi connectivity index (χ0) is 19.6. The SMILES string of the molecule is CCc1ccc(NC(=O)c2cn(C)c(=O)c3cc(OC)c(OC)cc23)cc1. The first-order chi connectivity index (χ1) is 13.0. The van der Waals surface area contributed by atoms with Crippen LogP contribution in [-0.2, 0) is 13.5 Å². The Balaban J connectivity index is 2.10. The van der Waals surface area contributed by atoms with Gasteiger partial charge in [0.15, 0.2) is 11.5 Å². The van der Waals surface area contributed by atoms with E-state index in [1.165, 1.54) is 30.5 Å². The quantitative estimate of drug-likeness (QED) is 0.752. The molecular weight excluding hydrogens is 344 g/mol. The van der Waals surface area contributed by atoms with Crippen LogP contribution in [0.3, 0.4) is 0 Å². The summed E-state index contributed by atoms with van der Waals surface area (Å²) in [5.41, 5.74) is 2.06. The molecule has 0 fully saturated rings. The van der Waals surface area contributed by atoms with E-state index < -0.39 is 0 Å². The van der Waals surface area contributed by atoms with Crippen molar-refractivity contribution in [2.24, 2.45) is 7.05 Å². The molecule has 2 aromatic carbocycles. The van der Waals surface area contributed by atoms with Crippen LogP contribution in [-0.4, -0.2) is 24.7 Å². The van der Waals surface area contributed by atoms with Crippen molar-refractivity contribution in [1.82, 2.24) is 4.57 Å². The van der Waals surface area contributed by atoms with Crippen molar-refractivity contribution in [2.45, 2.75) is 13.3 Å². The van der Waals surface area contributed by atoms with Crippen LogP contribution in [0, 0.1) is 0 Å². The van der Waals surface area contributed by atoms with Gasteiger partial charge in [0.1, 0.15) is 0 Å². The molecule has 0 radical (unpaired) electrons. The average molecular weight is 366 g/mol. The zero-order valence-electron chi connectivity index (χ0n) is 15.8. The van der Waals surface area contributed by atoms with E-state index in [1.807, 2.05) is 24.3 Å². The van der Waals surface area contributed by atoms with Crippen molar-refractivity contribution in [3.63, 3.8) is 0 Å². The number of hydrogen-bond acceptors (Lipinski definition) is 4. The Bertz CT molecular complexity index is 1050. The van der Waals surface area contributed by atoms with E-state index in [2.05, 4.69) is 12.2 Å². The van der Waals surface area contributed by atoms with Gasteiger partial charge in [-0.2, -0.15) is 0 Å². The Hall–Kier alpha value is -3.28. The maximum Gasteiger partial charge on any atom is 0.258 e. The van der Waals surface area contributed by atoms with Gasteiger partial charge in [0, 0.05) is 24.3 Å². The minimum Gasteiger partial charge on any atom is -0.493 e. The van der Waals surface area contributed by atoms with Gasteiger partial charge in [-0.1, -0.05) is 19.1 Å². The van der Waals surface area contributed by atoms with E-state index in [0.717, 1.165) is 6.42 Å². The molecule has 0 bridgehead atoms. The molecule has 1 N–H and O–H groups in total. The highest BCUT2D eigenvalue weighted by molar-refractivity contribution is 6.13. The number of benzene rings is 2. The second kappa shape index (κ2) is 7.53. The molecule has 3 aromatic rings. The third kappa shape index (κ3) is 3.51. The number of rotatable bonds is 5. The van der Waals surface area contributed by atoms with Gasteiger partial charge in [0.2, 0.25) is 0 Å². The average Bonchev–Trinajstić information content (AvgIpc) is 2.70. The molecule has 140 valence electrons. The summed E-state index contributed by atoms with van der Waals surface area (Å²) in [5.74, 6) is 0.599. The summed E-state index contributed by atoms with van der Waals surface area (Å²) in [4.78, 5) is 25.4. The van der Waals surface area contributed by atoms with E-state index in [-0.39, 0.29) is 11.5 Å². The lowest BCUT2D eigenvalue weighted by Gasteiger charge is -2.13. The number of pyridine rings is 1. The largest absolute Gasteiger partial charge is 0.493 e. The molecule has 27 heavy (non-hydrogen) atoms. The normalized spacial score (nSPS) is 10.7. The fourth-order valence-electron chi connectivity index (χ4n) is 2.99. The first kappa shape index (κ1) is 18.5. The second-order valence-electron chi connectivity index (χ2n) is 6.22. The molecule has 0 saturated carbocycles. The standard InChI is InChI=1S/C21H22N2O4/c1-5-13-6-8-14(9-7-13)22-20(24)17-12-23(2)21(25)16-11-19(27-4)18(26-3)10-15(16)17/h6-12H,5H2,1-4H3,(H,22,24). The summed E-state index contributed by atoms with van der Waals surface area (Å²) in [6.07, 6.45) is 2.47. The molecule has 1 amide bonds. The minimum absolute atomic E-state index is 0.213. The monoisotopic (exact) mass is 366 g/mol. The Morgan fingerprint density at radius 3 is 2.19 bits per heavy atom. The number of nitrogens with zero attached hydrogens (tertiary/aromatic N) is 1. The molecule has 0 spiro atoms. The summed E-state index contributed by atoms with van der Waals surface area (Å²) in [5, 5.41) is 3.79. The van der Waals surface area contributed by atoms with Crippen LogP contribution in [0.25, 0.3) is 10.8 Å². The second-order valence-corrected chi connectivity index (χ2v) is 6.22. The van der Waals surface area contributed by atoms with Crippen molar-refractivity contribution in [3.8, 4) is 11.5 Å². The van der Waals surface area contributed by atoms with E-state index in [9.17, 15) is 9.59 Å². The summed E-state index contributed by atoms with van der Waals surface area (Å²) >= 11 is 0. The summed E-state index contributed by atoms with van der Waals surface area (Å²) in [7, 11) is 4.63. The Morgan fingerprint density at radius 2 is 1.63 bits per heavy atom. The van der Waals surface area contributed by atoms with Crippen molar-refractivity contribution >= 4 is 22.4 Å². The lowest BCUT2D eigenvalue weighted by molar-refractivity contribution is 0.102. The highest BCUT2D eigenvalue weighted by Crippen LogP contribution is 2.32. The van der Waals surface area contributed by atoms with Gasteiger partial charge >= 0.3 is 0 Å². The van der Waals surface area contributed by atoms with Crippen LogP contribution >= 0.6 is 0 Å². The molecule has 0 unspecified atom stereocenters. The van der Waals surface area contributed by atoms with Crippen LogP contribution in [0.15, 0.2) is 47.4 Å². The third-order valence-corrected chi connectivity index (χ3v) is 4.55. The Morgan fingerprint density at radius 1 is 1.04 bits per heavy atom. The summed E-state index contributed by atoms with van der Waals surface area (Å²) in [6.45, 7) is 2.08. The smallest absolute Gasteiger partial charge is 0.258 e. The molecule has 1 aromatic heterocycles. The fraction of sp³-hybridized carbons (Fsp3) is 0.238. The van der Waals surface area contributed by atoms with Crippen LogP contribution in [0.2, 0.25) is 0 Å². The maximum atomic E-state index is 12.9. The van der Waals surface area contributed by atoms with E-state index >= 15 is 0 Å². The van der Waals surface area contributed by atoms with Crippen LogP contribution in [0.1, 0.15) is 22.8 Å². The van der Waals surface area contributed by atoms with Gasteiger partial charge < -0.3 is 19.4 Å². The van der Waals surface area contributed by atoms with Gasteiger partial charge in [-0.25, -0.2) is 0 Å². The van der Waals surface area contributed by atoms with Crippen LogP contribution in [0.4, 0.5) is 5.69 Å². The number of aromatic nitrogens is 1. The van der Waals surface area contributed by atoms with Gasteiger partial charge in [0.05, 0.1) is 25.2 Å². The number of carbonyl (C=O) groups excluding carboxylic acids is 1. The number of nitrogens with one attached hydrogen (secondary N) is 1. The molecule has 6 heteroatoms.